The molecule has 1 heterocycles. The molecule has 2 saturated carbocycles. The Kier molecular flexibility index (Phi) is 3.61. The van der Waals surface area contributed by atoms with E-state index in [4.69, 9.17) is 35.4 Å². The molecule has 0 aromatic rings. The Balaban J connectivity index is 1.68. The lowest BCUT2D eigenvalue weighted by atomic mass is 9.65. The molecule has 6 heteroatoms. The number of hydrogen-bond donors (Lipinski definition) is 1. The summed E-state index contributed by atoms with van der Waals surface area (Å²) in [6, 6.07) is 0.422. The summed E-state index contributed by atoms with van der Waals surface area (Å²) in [7, 11) is 0. The standard InChI is InChI=1S/C16H24Cl2N2OS/c1-13(2)5-10-6-14(3,7-13)9-20(10)12(22)19-11(21)15(4)8-16(15,17)18/h10H,5-9H2,1-4H3,(H,19,21,22)/t10-,14-,15-/m0/s1. The second kappa shape index (κ2) is 4.73. The van der Waals surface area contributed by atoms with Gasteiger partial charge >= 0.3 is 0 Å². The molecule has 1 N–H and O–H groups in total. The second-order valence-corrected chi connectivity index (χ2v) is 10.7. The number of amides is 1. The Morgan fingerprint density at radius 2 is 1.77 bits per heavy atom. The van der Waals surface area contributed by atoms with Crippen molar-refractivity contribution in [2.75, 3.05) is 6.54 Å². The fourth-order valence-electron chi connectivity index (χ4n) is 4.65. The maximum absolute atomic E-state index is 12.4. The fraction of sp³-hybridized carbons (Fsp3) is 0.875. The number of alkyl halides is 2. The highest BCUT2D eigenvalue weighted by atomic mass is 35.5. The smallest absolute Gasteiger partial charge is 0.235 e. The average Bonchev–Trinajstić information content (AvgIpc) is 2.71. The molecule has 1 aliphatic heterocycles. The monoisotopic (exact) mass is 362 g/mol. The van der Waals surface area contributed by atoms with Crippen LogP contribution in [0, 0.1) is 16.2 Å². The van der Waals surface area contributed by atoms with Crippen LogP contribution >= 0.6 is 35.4 Å². The van der Waals surface area contributed by atoms with Gasteiger partial charge in [0, 0.05) is 12.6 Å². The lowest BCUT2D eigenvalue weighted by Gasteiger charge is -2.39. The van der Waals surface area contributed by atoms with Crippen LogP contribution in [0.3, 0.4) is 0 Å². The molecule has 0 radical (unpaired) electrons. The van der Waals surface area contributed by atoms with Gasteiger partial charge in [-0.2, -0.15) is 0 Å². The van der Waals surface area contributed by atoms with Gasteiger partial charge in [0.25, 0.3) is 0 Å². The number of halogens is 2. The number of nitrogens with one attached hydrogen (secondary N) is 1. The number of rotatable bonds is 1. The zero-order valence-electron chi connectivity index (χ0n) is 13.6. The molecule has 2 aliphatic carbocycles. The first-order valence-electron chi connectivity index (χ1n) is 7.88. The third-order valence-electron chi connectivity index (χ3n) is 5.66. The minimum absolute atomic E-state index is 0.159. The number of carbonyl (C=O) groups is 1. The molecule has 22 heavy (non-hydrogen) atoms. The number of fused-ring (bicyclic) bond motifs is 2. The van der Waals surface area contributed by atoms with Crippen LogP contribution in [0.5, 0.6) is 0 Å². The summed E-state index contributed by atoms with van der Waals surface area (Å²) in [4.78, 5) is 14.6. The lowest BCUT2D eigenvalue weighted by molar-refractivity contribution is -0.124. The molecule has 3 atom stereocenters. The molecule has 3 aliphatic rings. The van der Waals surface area contributed by atoms with E-state index in [1.54, 1.807) is 6.92 Å². The number of thiocarbonyl (C=S) groups is 1. The van der Waals surface area contributed by atoms with Gasteiger partial charge in [-0.1, -0.05) is 20.8 Å². The molecule has 0 unspecified atom stereocenters. The Labute approximate surface area is 148 Å². The van der Waals surface area contributed by atoms with Crippen molar-refractivity contribution in [3.05, 3.63) is 0 Å². The van der Waals surface area contributed by atoms with Crippen molar-refractivity contribution in [1.82, 2.24) is 10.2 Å². The van der Waals surface area contributed by atoms with E-state index in [0.717, 1.165) is 19.4 Å². The van der Waals surface area contributed by atoms with Crippen molar-refractivity contribution in [3.63, 3.8) is 0 Å². The number of hydrogen-bond acceptors (Lipinski definition) is 2. The molecule has 3 rings (SSSR count). The number of carbonyl (C=O) groups excluding carboxylic acids is 1. The van der Waals surface area contributed by atoms with Crippen LogP contribution in [0.2, 0.25) is 0 Å². The topological polar surface area (TPSA) is 32.3 Å². The Hall–Kier alpha value is -0.0600. The molecule has 1 amide bonds. The molecule has 2 bridgehead atoms. The number of likely N-dealkylation sites (tertiary alicyclic amines) is 1. The van der Waals surface area contributed by atoms with E-state index in [1.165, 1.54) is 6.42 Å². The average molecular weight is 363 g/mol. The van der Waals surface area contributed by atoms with Crippen molar-refractivity contribution in [3.8, 4) is 0 Å². The third-order valence-corrected chi connectivity index (χ3v) is 7.09. The highest BCUT2D eigenvalue weighted by Crippen LogP contribution is 2.63. The van der Waals surface area contributed by atoms with Gasteiger partial charge in [-0.25, -0.2) is 0 Å². The zero-order chi connectivity index (χ0) is 16.6. The lowest BCUT2D eigenvalue weighted by Crippen LogP contribution is -2.48. The molecular weight excluding hydrogens is 339 g/mol. The van der Waals surface area contributed by atoms with Gasteiger partial charge in [-0.3, -0.25) is 4.79 Å². The maximum Gasteiger partial charge on any atom is 0.235 e. The maximum atomic E-state index is 12.4. The van der Waals surface area contributed by atoms with E-state index in [1.807, 2.05) is 0 Å². The summed E-state index contributed by atoms with van der Waals surface area (Å²) in [6.45, 7) is 9.68. The molecule has 3 nitrogen and oxygen atoms in total. The van der Waals surface area contributed by atoms with Gasteiger partial charge in [-0.15, -0.1) is 23.2 Å². The molecule has 0 aromatic carbocycles. The summed E-state index contributed by atoms with van der Waals surface area (Å²) in [5.41, 5.74) is -0.110. The Morgan fingerprint density at radius 3 is 2.32 bits per heavy atom. The van der Waals surface area contributed by atoms with E-state index in [9.17, 15) is 4.79 Å². The largest absolute Gasteiger partial charge is 0.345 e. The fourth-order valence-corrected chi connectivity index (χ4v) is 5.66. The molecule has 1 saturated heterocycles. The van der Waals surface area contributed by atoms with Crippen LogP contribution in [-0.4, -0.2) is 32.8 Å². The Morgan fingerprint density at radius 1 is 1.18 bits per heavy atom. The first kappa shape index (κ1) is 16.8. The van der Waals surface area contributed by atoms with E-state index in [-0.39, 0.29) is 11.3 Å². The number of nitrogens with zero attached hydrogens (tertiary/aromatic N) is 1. The summed E-state index contributed by atoms with van der Waals surface area (Å²) in [6.07, 6.45) is 3.95. The quantitative estimate of drug-likeness (QED) is 0.567. The van der Waals surface area contributed by atoms with Gasteiger partial charge in [0.15, 0.2) is 5.11 Å². The van der Waals surface area contributed by atoms with Gasteiger partial charge in [0.1, 0.15) is 4.33 Å². The highest BCUT2D eigenvalue weighted by Gasteiger charge is 2.68. The van der Waals surface area contributed by atoms with E-state index in [2.05, 4.69) is 31.0 Å². The van der Waals surface area contributed by atoms with E-state index < -0.39 is 9.75 Å². The van der Waals surface area contributed by atoms with Crippen LogP contribution in [0.4, 0.5) is 0 Å². The van der Waals surface area contributed by atoms with Crippen LogP contribution < -0.4 is 5.32 Å². The van der Waals surface area contributed by atoms with Gasteiger partial charge < -0.3 is 10.2 Å². The zero-order valence-corrected chi connectivity index (χ0v) is 16.0. The summed E-state index contributed by atoms with van der Waals surface area (Å²) >= 11 is 17.7. The van der Waals surface area contributed by atoms with Gasteiger partial charge in [-0.05, 0) is 55.7 Å². The minimum Gasteiger partial charge on any atom is -0.345 e. The summed E-state index contributed by atoms with van der Waals surface area (Å²) in [5.74, 6) is -0.159. The van der Waals surface area contributed by atoms with Gasteiger partial charge in [0.2, 0.25) is 5.91 Å². The normalized spacial score (nSPS) is 41.2. The van der Waals surface area contributed by atoms with Crippen molar-refractivity contribution in [2.45, 2.75) is 63.8 Å². The second-order valence-electron chi connectivity index (χ2n) is 8.81. The van der Waals surface area contributed by atoms with Crippen LogP contribution in [-0.2, 0) is 4.79 Å². The molecule has 124 valence electrons. The van der Waals surface area contributed by atoms with Crippen molar-refractivity contribution in [2.24, 2.45) is 16.2 Å². The highest BCUT2D eigenvalue weighted by molar-refractivity contribution is 7.80. The SMILES string of the molecule is CC1(C)C[C@H]2C[C@](C)(CN2C(=S)NC(=O)[C@]2(C)CC2(Cl)Cl)C1. The first-order chi connectivity index (χ1) is 9.88. The molecule has 0 spiro atoms. The predicted octanol–water partition coefficient (Wildman–Crippen LogP) is 3.87. The summed E-state index contributed by atoms with van der Waals surface area (Å²) < 4.78 is -0.957. The van der Waals surface area contributed by atoms with Crippen molar-refractivity contribution >= 4 is 46.4 Å². The first-order valence-corrected chi connectivity index (χ1v) is 9.04. The van der Waals surface area contributed by atoms with Gasteiger partial charge in [0.05, 0.1) is 5.41 Å². The van der Waals surface area contributed by atoms with Crippen molar-refractivity contribution < 1.29 is 4.79 Å². The molecule has 0 aromatic heterocycles. The Bertz CT molecular complexity index is 550. The summed E-state index contributed by atoms with van der Waals surface area (Å²) in [5, 5.41) is 3.42. The molecular formula is C16H24Cl2N2OS. The predicted molar refractivity (Wildman–Crippen MR) is 94.1 cm³/mol. The van der Waals surface area contributed by atoms with Crippen LogP contribution in [0.15, 0.2) is 0 Å². The van der Waals surface area contributed by atoms with Crippen molar-refractivity contribution in [1.29, 1.82) is 0 Å². The van der Waals surface area contributed by atoms with Crippen LogP contribution in [0.25, 0.3) is 0 Å². The van der Waals surface area contributed by atoms with E-state index >= 15 is 0 Å². The van der Waals surface area contributed by atoms with E-state index in [0.29, 0.717) is 23.0 Å². The molecule has 3 fully saturated rings. The minimum atomic E-state index is -0.957. The third kappa shape index (κ3) is 2.65. The van der Waals surface area contributed by atoms with Crippen LogP contribution in [0.1, 0.15) is 53.4 Å².